The number of aryl methyl sites for hydroxylation is 1. The third kappa shape index (κ3) is 4.81. The minimum Gasteiger partial charge on any atom is -0.339 e. The van der Waals surface area contributed by atoms with Gasteiger partial charge in [-0.25, -0.2) is 21.7 Å². The molecule has 230 valence electrons. The molecule has 3 aromatic rings. The molecule has 1 aliphatic carbocycles. The van der Waals surface area contributed by atoms with E-state index in [1.54, 1.807) is 9.58 Å². The summed E-state index contributed by atoms with van der Waals surface area (Å²) < 4.78 is 1.76. The van der Waals surface area contributed by atoms with Crippen LogP contribution in [0.1, 0.15) is 57.8 Å². The highest BCUT2D eigenvalue weighted by Gasteiger charge is 2.49. The van der Waals surface area contributed by atoms with Crippen LogP contribution in [0, 0.1) is 0 Å². The molecule has 2 aromatic heterocycles. The Bertz CT molecular complexity index is 1740. The van der Waals surface area contributed by atoms with Gasteiger partial charge in [0.15, 0.2) is 10.8 Å². The third-order valence-electron chi connectivity index (χ3n) is 8.51. The number of piperidine rings is 1. The maximum absolute atomic E-state index is 13.6. The summed E-state index contributed by atoms with van der Waals surface area (Å²) in [5.74, 6) is 27.9. The Balaban J connectivity index is 1.19. The van der Waals surface area contributed by atoms with Crippen molar-refractivity contribution in [3.8, 4) is 0 Å². The Morgan fingerprint density at radius 2 is 1.66 bits per heavy atom. The largest absolute Gasteiger partial charge is 0.339 e. The normalized spacial score (nSPS) is 19.2. The number of hydrogen-bond donors (Lipinski definition) is 5. The lowest BCUT2D eigenvalue weighted by Gasteiger charge is -2.42. The number of nitrogens with two attached hydrogens (primary N) is 5. The van der Waals surface area contributed by atoms with E-state index >= 15 is 0 Å². The van der Waals surface area contributed by atoms with Gasteiger partial charge in [-0.2, -0.15) is 4.99 Å². The molecule has 44 heavy (non-hydrogen) atoms. The van der Waals surface area contributed by atoms with Crippen molar-refractivity contribution in [3.05, 3.63) is 45.9 Å². The van der Waals surface area contributed by atoms with Gasteiger partial charge in [0.1, 0.15) is 0 Å². The first kappa shape index (κ1) is 29.1. The standard InChI is InChI=1S/C25H31ClN16O2/c26-19-21(36-38-28)33-20(35-37-27)18(32-19)22(43)34-24-40(29)12-25(42(24)31)7-9-39(10-8-25)23(44)13-5-6-17-15(11-13)14-3-1-2-4-16(14)41(17)30/h5-6,11H,1-4,7-10,12,29-31H2,(H4,27,28,33,35,36)/b34-24+. The highest BCUT2D eigenvalue weighted by molar-refractivity contribution is 6.31. The van der Waals surface area contributed by atoms with Crippen LogP contribution in [0.2, 0.25) is 5.15 Å². The molecule has 2 amide bonds. The molecule has 4 heterocycles. The van der Waals surface area contributed by atoms with Crippen LogP contribution in [-0.2, 0) is 12.8 Å². The van der Waals surface area contributed by atoms with Gasteiger partial charge in [-0.3, -0.25) is 24.3 Å². The van der Waals surface area contributed by atoms with Crippen LogP contribution in [0.4, 0.5) is 11.6 Å². The molecule has 2 fully saturated rings. The van der Waals surface area contributed by atoms with Gasteiger partial charge in [0.25, 0.3) is 5.91 Å². The summed E-state index contributed by atoms with van der Waals surface area (Å²) in [6.45, 7) is 1.13. The zero-order valence-electron chi connectivity index (χ0n) is 23.6. The van der Waals surface area contributed by atoms with Gasteiger partial charge in [0.2, 0.25) is 17.6 Å². The lowest BCUT2D eigenvalue weighted by molar-refractivity contribution is 0.0538. The minimum atomic E-state index is -0.896. The van der Waals surface area contributed by atoms with Crippen LogP contribution in [0.25, 0.3) is 10.9 Å². The molecule has 0 radical (unpaired) electrons. The predicted molar refractivity (Wildman–Crippen MR) is 160 cm³/mol. The molecule has 10 N–H and O–H groups in total. The molecule has 0 bridgehead atoms. The third-order valence-corrected chi connectivity index (χ3v) is 8.77. The van der Waals surface area contributed by atoms with E-state index in [1.165, 1.54) is 15.6 Å². The number of halogens is 1. The first-order chi connectivity index (χ1) is 21.2. The number of carbonyl (C=O) groups is 2. The van der Waals surface area contributed by atoms with E-state index in [0.29, 0.717) is 31.5 Å². The van der Waals surface area contributed by atoms with Gasteiger partial charge in [-0.1, -0.05) is 22.0 Å². The quantitative estimate of drug-likeness (QED) is 0.156. The molecule has 0 saturated carbocycles. The van der Waals surface area contributed by atoms with Crippen LogP contribution < -0.4 is 29.2 Å². The molecule has 19 heteroatoms. The summed E-state index contributed by atoms with van der Waals surface area (Å²) in [4.78, 5) is 40.6. The van der Waals surface area contributed by atoms with E-state index in [0.717, 1.165) is 42.3 Å². The SMILES string of the molecule is NN=Nc1nc(N=NN)c(C(=O)/N=C2\N(N)CC3(CCN(C(=O)c4ccc5c(c4)c4c(n5N)CCCC4)CC3)N2N)nc1Cl. The fourth-order valence-corrected chi connectivity index (χ4v) is 6.44. The summed E-state index contributed by atoms with van der Waals surface area (Å²) in [6.07, 6.45) is 5.10. The Hall–Kier alpha value is -4.94. The van der Waals surface area contributed by atoms with Gasteiger partial charge in [0.05, 0.1) is 17.6 Å². The first-order valence-electron chi connectivity index (χ1n) is 13.9. The van der Waals surface area contributed by atoms with Crippen LogP contribution in [0.15, 0.2) is 43.9 Å². The van der Waals surface area contributed by atoms with Crippen molar-refractivity contribution in [3.63, 3.8) is 0 Å². The molecular formula is C25H31ClN16O2. The van der Waals surface area contributed by atoms with E-state index in [4.69, 9.17) is 40.8 Å². The van der Waals surface area contributed by atoms with Crippen molar-refractivity contribution in [2.75, 3.05) is 25.5 Å². The number of carbonyl (C=O) groups excluding carboxylic acids is 2. The molecule has 6 rings (SSSR count). The number of guanidine groups is 1. The predicted octanol–water partition coefficient (Wildman–Crippen LogP) is 1.13. The van der Waals surface area contributed by atoms with Gasteiger partial charge in [0, 0.05) is 29.7 Å². The van der Waals surface area contributed by atoms with E-state index in [-0.39, 0.29) is 40.9 Å². The number of fused-ring (bicyclic) bond motifs is 3. The van der Waals surface area contributed by atoms with Crippen LogP contribution >= 0.6 is 11.6 Å². The van der Waals surface area contributed by atoms with Gasteiger partial charge < -0.3 is 22.4 Å². The second kappa shape index (κ2) is 11.3. The average molecular weight is 623 g/mol. The topological polar surface area (TPSA) is 266 Å². The van der Waals surface area contributed by atoms with Crippen LogP contribution in [-0.4, -0.2) is 72.5 Å². The number of likely N-dealkylation sites (tertiary alicyclic amines) is 1. The Morgan fingerprint density at radius 1 is 0.955 bits per heavy atom. The van der Waals surface area contributed by atoms with E-state index in [9.17, 15) is 9.59 Å². The molecule has 0 atom stereocenters. The fraction of sp³-hybridized carbons (Fsp3) is 0.400. The van der Waals surface area contributed by atoms with Crippen LogP contribution in [0.5, 0.6) is 0 Å². The maximum atomic E-state index is 13.6. The summed E-state index contributed by atoms with van der Waals surface area (Å²) in [6, 6.07) is 5.70. The maximum Gasteiger partial charge on any atom is 0.302 e. The zero-order chi connectivity index (χ0) is 31.2. The number of amides is 2. The zero-order valence-corrected chi connectivity index (χ0v) is 24.4. The van der Waals surface area contributed by atoms with Crippen molar-refractivity contribution in [1.29, 1.82) is 0 Å². The van der Waals surface area contributed by atoms with Crippen molar-refractivity contribution in [2.24, 2.45) is 49.0 Å². The molecule has 2 aliphatic heterocycles. The second-order valence-electron chi connectivity index (χ2n) is 10.9. The Labute approximate surface area is 255 Å². The Morgan fingerprint density at radius 3 is 2.39 bits per heavy atom. The number of rotatable bonds is 4. The number of aromatic nitrogens is 3. The molecule has 1 aromatic carbocycles. The average Bonchev–Trinajstić information content (AvgIpc) is 3.43. The lowest BCUT2D eigenvalue weighted by atomic mass is 9.87. The highest BCUT2D eigenvalue weighted by Crippen LogP contribution is 2.35. The molecule has 3 aliphatic rings. The summed E-state index contributed by atoms with van der Waals surface area (Å²) in [7, 11) is 0. The number of benzene rings is 1. The van der Waals surface area contributed by atoms with E-state index in [2.05, 4.69) is 35.6 Å². The summed E-state index contributed by atoms with van der Waals surface area (Å²) in [5.41, 5.74) is 2.90. The molecule has 18 nitrogen and oxygen atoms in total. The van der Waals surface area contributed by atoms with Crippen molar-refractivity contribution in [1.82, 2.24) is 29.6 Å². The first-order valence-corrected chi connectivity index (χ1v) is 14.3. The minimum absolute atomic E-state index is 0.00409. The molecule has 1 spiro atoms. The van der Waals surface area contributed by atoms with E-state index < -0.39 is 11.4 Å². The van der Waals surface area contributed by atoms with Crippen molar-refractivity contribution < 1.29 is 9.59 Å². The Kier molecular flexibility index (Phi) is 7.48. The number of nitrogen functional groups attached to an aromatic ring is 1. The molecule has 2 saturated heterocycles. The van der Waals surface area contributed by atoms with Crippen molar-refractivity contribution in [2.45, 2.75) is 44.1 Å². The van der Waals surface area contributed by atoms with Gasteiger partial charge >= 0.3 is 5.91 Å². The summed E-state index contributed by atoms with van der Waals surface area (Å²) in [5, 5.41) is 16.8. The van der Waals surface area contributed by atoms with Gasteiger partial charge in [-0.05, 0) is 62.3 Å². The monoisotopic (exact) mass is 622 g/mol. The summed E-state index contributed by atoms with van der Waals surface area (Å²) >= 11 is 6.06. The highest BCUT2D eigenvalue weighted by atomic mass is 35.5. The lowest BCUT2D eigenvalue weighted by Crippen LogP contribution is -2.58. The fourth-order valence-electron chi connectivity index (χ4n) is 6.28. The van der Waals surface area contributed by atoms with E-state index in [1.807, 2.05) is 18.2 Å². The molecule has 0 unspecified atom stereocenters. The van der Waals surface area contributed by atoms with Crippen LogP contribution in [0.3, 0.4) is 0 Å². The van der Waals surface area contributed by atoms with Crippen molar-refractivity contribution >= 4 is 51.9 Å². The number of aliphatic imine (C=N–C) groups is 1. The number of nitrogens with zero attached hydrogens (tertiary/aromatic N) is 11. The number of hydrogen-bond acceptors (Lipinski definition) is 11. The second-order valence-corrected chi connectivity index (χ2v) is 11.3. The van der Waals surface area contributed by atoms with Gasteiger partial charge in [-0.15, -0.1) is 10.2 Å². The number of hydrazine groups is 2. The smallest absolute Gasteiger partial charge is 0.302 e. The molecular weight excluding hydrogens is 592 g/mol.